The molecule has 2 aromatic rings. The third-order valence-corrected chi connectivity index (χ3v) is 4.39. The molecule has 1 aliphatic heterocycles. The Morgan fingerprint density at radius 2 is 2.00 bits per heavy atom. The topological polar surface area (TPSA) is 44.3 Å². The summed E-state index contributed by atoms with van der Waals surface area (Å²) in [5.74, 6) is 0. The second kappa shape index (κ2) is 6.19. The predicted molar refractivity (Wildman–Crippen MR) is 83.5 cm³/mol. The molecule has 0 saturated carbocycles. The SMILES string of the molecule is CNCc1cnccc1N1CCN(c2nccs2)CC1. The fourth-order valence-electron chi connectivity index (χ4n) is 2.57. The van der Waals surface area contributed by atoms with Gasteiger partial charge >= 0.3 is 0 Å². The molecule has 1 saturated heterocycles. The molecule has 0 bridgehead atoms. The molecule has 0 radical (unpaired) electrons. The van der Waals surface area contributed by atoms with Gasteiger partial charge in [-0.1, -0.05) is 0 Å². The highest BCUT2D eigenvalue weighted by molar-refractivity contribution is 7.13. The van der Waals surface area contributed by atoms with E-state index in [9.17, 15) is 0 Å². The summed E-state index contributed by atoms with van der Waals surface area (Å²) in [7, 11) is 1.97. The van der Waals surface area contributed by atoms with Crippen LogP contribution in [0, 0.1) is 0 Å². The standard InChI is InChI=1S/C14H19N5S/c1-15-10-12-11-16-3-2-13(12)18-5-7-19(8-6-18)14-17-4-9-20-14/h2-4,9,11,15H,5-8,10H2,1H3. The van der Waals surface area contributed by atoms with Crippen LogP contribution in [0.15, 0.2) is 30.0 Å². The Labute approximate surface area is 123 Å². The van der Waals surface area contributed by atoms with E-state index < -0.39 is 0 Å². The van der Waals surface area contributed by atoms with E-state index in [0.717, 1.165) is 37.9 Å². The monoisotopic (exact) mass is 289 g/mol. The van der Waals surface area contributed by atoms with Gasteiger partial charge in [-0.15, -0.1) is 11.3 Å². The zero-order chi connectivity index (χ0) is 13.8. The first-order chi connectivity index (χ1) is 9.88. The van der Waals surface area contributed by atoms with E-state index in [0.29, 0.717) is 0 Å². The largest absolute Gasteiger partial charge is 0.368 e. The molecule has 20 heavy (non-hydrogen) atoms. The Hall–Kier alpha value is -1.66. The van der Waals surface area contributed by atoms with E-state index in [-0.39, 0.29) is 0 Å². The number of rotatable bonds is 4. The van der Waals surface area contributed by atoms with Crippen LogP contribution in [0.4, 0.5) is 10.8 Å². The minimum atomic E-state index is 0.857. The van der Waals surface area contributed by atoms with Gasteiger partial charge in [-0.2, -0.15) is 0 Å². The van der Waals surface area contributed by atoms with E-state index >= 15 is 0 Å². The number of pyridine rings is 1. The Morgan fingerprint density at radius 3 is 2.70 bits per heavy atom. The highest BCUT2D eigenvalue weighted by Crippen LogP contribution is 2.24. The summed E-state index contributed by atoms with van der Waals surface area (Å²) in [5, 5.41) is 6.38. The van der Waals surface area contributed by atoms with Crippen LogP contribution in [0.1, 0.15) is 5.56 Å². The summed E-state index contributed by atoms with van der Waals surface area (Å²) in [6.45, 7) is 4.96. The van der Waals surface area contributed by atoms with Crippen LogP contribution in [-0.4, -0.2) is 43.2 Å². The van der Waals surface area contributed by atoms with Crippen molar-refractivity contribution in [2.24, 2.45) is 0 Å². The molecule has 1 fully saturated rings. The van der Waals surface area contributed by atoms with Gasteiger partial charge < -0.3 is 15.1 Å². The molecule has 106 valence electrons. The summed E-state index contributed by atoms with van der Waals surface area (Å²) in [6, 6.07) is 2.12. The van der Waals surface area contributed by atoms with Crippen LogP contribution in [-0.2, 0) is 6.54 Å². The van der Waals surface area contributed by atoms with Crippen molar-refractivity contribution < 1.29 is 0 Å². The summed E-state index contributed by atoms with van der Waals surface area (Å²) < 4.78 is 0. The molecule has 1 N–H and O–H groups in total. The van der Waals surface area contributed by atoms with E-state index in [1.165, 1.54) is 11.3 Å². The molecular formula is C14H19N5S. The van der Waals surface area contributed by atoms with Gasteiger partial charge in [0.1, 0.15) is 0 Å². The van der Waals surface area contributed by atoms with Crippen molar-refractivity contribution in [2.45, 2.75) is 6.54 Å². The van der Waals surface area contributed by atoms with Crippen LogP contribution in [0.5, 0.6) is 0 Å². The quantitative estimate of drug-likeness (QED) is 0.926. The van der Waals surface area contributed by atoms with E-state index in [2.05, 4.69) is 31.2 Å². The normalized spacial score (nSPS) is 15.7. The van der Waals surface area contributed by atoms with E-state index in [4.69, 9.17) is 0 Å². The zero-order valence-electron chi connectivity index (χ0n) is 11.6. The Kier molecular flexibility index (Phi) is 4.13. The maximum Gasteiger partial charge on any atom is 0.185 e. The molecule has 0 aliphatic carbocycles. The van der Waals surface area contributed by atoms with Gasteiger partial charge in [0.05, 0.1) is 0 Å². The second-order valence-corrected chi connectivity index (χ2v) is 5.70. The average Bonchev–Trinajstić information content (AvgIpc) is 3.03. The zero-order valence-corrected chi connectivity index (χ0v) is 12.4. The first-order valence-corrected chi connectivity index (χ1v) is 7.73. The molecule has 0 aromatic carbocycles. The lowest BCUT2D eigenvalue weighted by Crippen LogP contribution is -2.46. The smallest absolute Gasteiger partial charge is 0.185 e. The fourth-order valence-corrected chi connectivity index (χ4v) is 3.26. The first-order valence-electron chi connectivity index (χ1n) is 6.85. The van der Waals surface area contributed by atoms with Gasteiger partial charge in [0.25, 0.3) is 0 Å². The van der Waals surface area contributed by atoms with E-state index in [1.807, 2.05) is 31.0 Å². The van der Waals surface area contributed by atoms with Crippen LogP contribution < -0.4 is 15.1 Å². The van der Waals surface area contributed by atoms with Crippen molar-refractivity contribution in [1.29, 1.82) is 0 Å². The number of nitrogens with zero attached hydrogens (tertiary/aromatic N) is 4. The van der Waals surface area contributed by atoms with E-state index in [1.54, 1.807) is 11.3 Å². The van der Waals surface area contributed by atoms with Crippen molar-refractivity contribution >= 4 is 22.2 Å². The van der Waals surface area contributed by atoms with Gasteiger partial charge in [0.15, 0.2) is 5.13 Å². The Balaban J connectivity index is 1.69. The number of nitrogens with one attached hydrogen (secondary N) is 1. The number of anilines is 2. The lowest BCUT2D eigenvalue weighted by Gasteiger charge is -2.36. The van der Waals surface area contributed by atoms with Crippen molar-refractivity contribution in [3.8, 4) is 0 Å². The van der Waals surface area contributed by atoms with Crippen molar-refractivity contribution in [3.05, 3.63) is 35.6 Å². The number of hydrogen-bond acceptors (Lipinski definition) is 6. The molecule has 5 nitrogen and oxygen atoms in total. The average molecular weight is 289 g/mol. The van der Waals surface area contributed by atoms with Gasteiger partial charge in [-0.25, -0.2) is 4.98 Å². The van der Waals surface area contributed by atoms with Crippen LogP contribution in [0.3, 0.4) is 0 Å². The summed E-state index contributed by atoms with van der Waals surface area (Å²) in [6.07, 6.45) is 5.71. The number of piperazine rings is 1. The van der Waals surface area contributed by atoms with Crippen molar-refractivity contribution in [1.82, 2.24) is 15.3 Å². The van der Waals surface area contributed by atoms with Gasteiger partial charge in [-0.05, 0) is 13.1 Å². The molecule has 3 rings (SSSR count). The Morgan fingerprint density at radius 1 is 1.20 bits per heavy atom. The van der Waals surface area contributed by atoms with Crippen molar-refractivity contribution in [2.75, 3.05) is 43.0 Å². The molecule has 3 heterocycles. The highest BCUT2D eigenvalue weighted by Gasteiger charge is 2.20. The van der Waals surface area contributed by atoms with Gasteiger partial charge in [-0.3, -0.25) is 4.98 Å². The lowest BCUT2D eigenvalue weighted by molar-refractivity contribution is 0.647. The van der Waals surface area contributed by atoms with Gasteiger partial charge in [0, 0.05) is 67.9 Å². The maximum atomic E-state index is 4.39. The van der Waals surface area contributed by atoms with Crippen LogP contribution in [0.25, 0.3) is 0 Å². The molecule has 0 spiro atoms. The minimum Gasteiger partial charge on any atom is -0.368 e. The third kappa shape index (κ3) is 2.76. The molecule has 6 heteroatoms. The predicted octanol–water partition coefficient (Wildman–Crippen LogP) is 1.58. The molecule has 2 aromatic heterocycles. The number of aromatic nitrogens is 2. The number of hydrogen-bond donors (Lipinski definition) is 1. The minimum absolute atomic E-state index is 0.857. The number of thiazole rings is 1. The fraction of sp³-hybridized carbons (Fsp3) is 0.429. The summed E-state index contributed by atoms with van der Waals surface area (Å²) >= 11 is 1.71. The third-order valence-electron chi connectivity index (χ3n) is 3.56. The van der Waals surface area contributed by atoms with Crippen molar-refractivity contribution in [3.63, 3.8) is 0 Å². The molecule has 1 aliphatic rings. The van der Waals surface area contributed by atoms with Gasteiger partial charge in [0.2, 0.25) is 0 Å². The Bertz CT molecular complexity index is 534. The lowest BCUT2D eigenvalue weighted by atomic mass is 10.2. The van der Waals surface area contributed by atoms with Crippen LogP contribution in [0.2, 0.25) is 0 Å². The second-order valence-electron chi connectivity index (χ2n) is 4.82. The maximum absolute atomic E-state index is 4.39. The first kappa shape index (κ1) is 13.3. The summed E-state index contributed by atoms with van der Waals surface area (Å²) in [5.41, 5.74) is 2.56. The molecule has 0 unspecified atom stereocenters. The molecule has 0 atom stereocenters. The molecule has 0 amide bonds. The van der Waals surface area contributed by atoms with Crippen LogP contribution >= 0.6 is 11.3 Å². The highest BCUT2D eigenvalue weighted by atomic mass is 32.1. The summed E-state index contributed by atoms with van der Waals surface area (Å²) in [4.78, 5) is 13.4. The molecular weight excluding hydrogens is 270 g/mol.